The van der Waals surface area contributed by atoms with Crippen LogP contribution >= 0.6 is 11.6 Å². The third-order valence-electron chi connectivity index (χ3n) is 2.44. The van der Waals surface area contributed by atoms with Gasteiger partial charge < -0.3 is 10.2 Å². The summed E-state index contributed by atoms with van der Waals surface area (Å²) in [6.07, 6.45) is 1.65. The number of rotatable bonds is 3. The van der Waals surface area contributed by atoms with E-state index in [0.29, 0.717) is 17.0 Å². The van der Waals surface area contributed by atoms with Crippen molar-refractivity contribution in [3.8, 4) is 0 Å². The summed E-state index contributed by atoms with van der Waals surface area (Å²) < 4.78 is 0. The zero-order valence-electron chi connectivity index (χ0n) is 10.1. The van der Waals surface area contributed by atoms with Gasteiger partial charge in [0.2, 0.25) is 5.91 Å². The van der Waals surface area contributed by atoms with Gasteiger partial charge in [-0.05, 0) is 23.8 Å². The van der Waals surface area contributed by atoms with Gasteiger partial charge >= 0.3 is 5.97 Å². The van der Waals surface area contributed by atoms with E-state index in [4.69, 9.17) is 11.6 Å². The second-order valence-corrected chi connectivity index (χ2v) is 4.18. The van der Waals surface area contributed by atoms with Crippen LogP contribution in [0.1, 0.15) is 12.5 Å². The largest absolute Gasteiger partial charge is 0.367 e. The molecule has 0 aliphatic carbocycles. The molecule has 5 nitrogen and oxygen atoms in total. The Morgan fingerprint density at radius 2 is 2.11 bits per heavy atom. The summed E-state index contributed by atoms with van der Waals surface area (Å²) in [4.78, 5) is 26.9. The minimum absolute atomic E-state index is 0.113. The highest BCUT2D eigenvalue weighted by atomic mass is 35.5. The summed E-state index contributed by atoms with van der Waals surface area (Å²) in [6, 6.07) is 7.03. The molecule has 0 fully saturated rings. The lowest BCUT2D eigenvalue weighted by molar-refractivity contribution is -0.136. The Morgan fingerprint density at radius 1 is 1.42 bits per heavy atom. The second-order valence-electron chi connectivity index (χ2n) is 3.91. The summed E-state index contributed by atoms with van der Waals surface area (Å²) in [5, 5.41) is 6.24. The molecule has 0 saturated carbocycles. The molecule has 1 heterocycles. The van der Waals surface area contributed by atoms with Crippen molar-refractivity contribution >= 4 is 41.0 Å². The molecule has 0 spiro atoms. The molecule has 0 saturated heterocycles. The Morgan fingerprint density at radius 3 is 2.68 bits per heavy atom. The Labute approximate surface area is 114 Å². The van der Waals surface area contributed by atoms with Crippen LogP contribution in [0.3, 0.4) is 0 Å². The maximum atomic E-state index is 11.4. The number of alkyl halides is 1. The van der Waals surface area contributed by atoms with Gasteiger partial charge in [-0.25, -0.2) is 4.79 Å². The summed E-state index contributed by atoms with van der Waals surface area (Å²) in [5.74, 6) is -0.537. The van der Waals surface area contributed by atoms with Crippen molar-refractivity contribution in [2.24, 2.45) is 5.16 Å². The van der Waals surface area contributed by atoms with Crippen molar-refractivity contribution in [2.75, 3.05) is 11.2 Å². The standard InChI is InChI=1S/C13H11ClN2O3/c1-8(17)15-10-4-2-9(3-5-10)6-11-12(7-14)16-19-13(11)18/h2-6H,7H2,1H3,(H,15,17). The number of nitrogens with one attached hydrogen (secondary N) is 1. The van der Waals surface area contributed by atoms with Crippen molar-refractivity contribution in [2.45, 2.75) is 6.92 Å². The fraction of sp³-hybridized carbons (Fsp3) is 0.154. The highest BCUT2D eigenvalue weighted by molar-refractivity contribution is 6.38. The summed E-state index contributed by atoms with van der Waals surface area (Å²) in [7, 11) is 0. The lowest BCUT2D eigenvalue weighted by Gasteiger charge is -2.02. The molecular formula is C13H11ClN2O3. The predicted octanol–water partition coefficient (Wildman–Crippen LogP) is 2.18. The van der Waals surface area contributed by atoms with Crippen LogP contribution in [-0.2, 0) is 14.4 Å². The quantitative estimate of drug-likeness (QED) is 0.523. The zero-order valence-corrected chi connectivity index (χ0v) is 10.9. The van der Waals surface area contributed by atoms with Crippen LogP contribution < -0.4 is 5.32 Å². The average molecular weight is 279 g/mol. The van der Waals surface area contributed by atoms with E-state index in [0.717, 1.165) is 5.56 Å². The van der Waals surface area contributed by atoms with Gasteiger partial charge in [0.05, 0.1) is 11.5 Å². The van der Waals surface area contributed by atoms with E-state index >= 15 is 0 Å². The van der Waals surface area contributed by atoms with Gasteiger partial charge in [-0.1, -0.05) is 17.3 Å². The molecule has 1 amide bonds. The summed E-state index contributed by atoms with van der Waals surface area (Å²) in [6.45, 7) is 1.44. The number of oxime groups is 1. The normalized spacial score (nSPS) is 16.2. The van der Waals surface area contributed by atoms with Crippen molar-refractivity contribution in [3.63, 3.8) is 0 Å². The van der Waals surface area contributed by atoms with Crippen molar-refractivity contribution in [1.29, 1.82) is 0 Å². The topological polar surface area (TPSA) is 67.8 Å². The average Bonchev–Trinajstić information content (AvgIpc) is 2.72. The monoisotopic (exact) mass is 278 g/mol. The number of nitrogens with zero attached hydrogens (tertiary/aromatic N) is 1. The van der Waals surface area contributed by atoms with Crippen LogP contribution in [0.15, 0.2) is 35.0 Å². The number of hydrogen-bond acceptors (Lipinski definition) is 4. The van der Waals surface area contributed by atoms with Gasteiger partial charge in [0.15, 0.2) is 0 Å². The maximum absolute atomic E-state index is 11.4. The van der Waals surface area contributed by atoms with Gasteiger partial charge in [-0.3, -0.25) is 4.79 Å². The van der Waals surface area contributed by atoms with Crippen LogP contribution in [0.25, 0.3) is 6.08 Å². The van der Waals surface area contributed by atoms with Gasteiger partial charge in [-0.15, -0.1) is 11.6 Å². The molecule has 1 N–H and O–H groups in total. The third-order valence-corrected chi connectivity index (χ3v) is 2.69. The molecule has 1 aliphatic rings. The highest BCUT2D eigenvalue weighted by Crippen LogP contribution is 2.18. The molecule has 6 heteroatoms. The fourth-order valence-electron chi connectivity index (χ4n) is 1.58. The number of carbonyl (C=O) groups excluding carboxylic acids is 2. The molecule has 1 aliphatic heterocycles. The number of carbonyl (C=O) groups is 2. The van der Waals surface area contributed by atoms with E-state index in [1.54, 1.807) is 30.3 Å². The van der Waals surface area contributed by atoms with Gasteiger partial charge in [-0.2, -0.15) is 0 Å². The number of halogens is 1. The minimum atomic E-state index is -0.512. The molecule has 98 valence electrons. The maximum Gasteiger partial charge on any atom is 0.367 e. The molecule has 0 unspecified atom stereocenters. The first-order valence-corrected chi connectivity index (χ1v) is 6.07. The van der Waals surface area contributed by atoms with Gasteiger partial charge in [0, 0.05) is 12.6 Å². The SMILES string of the molecule is CC(=O)Nc1ccc(C=C2C(=O)ON=C2CCl)cc1. The van der Waals surface area contributed by atoms with Crippen LogP contribution in [0.5, 0.6) is 0 Å². The van der Waals surface area contributed by atoms with Crippen LogP contribution in [0.2, 0.25) is 0 Å². The predicted molar refractivity (Wildman–Crippen MR) is 73.0 cm³/mol. The molecule has 1 aromatic rings. The molecule has 0 atom stereocenters. The Hall–Kier alpha value is -2.14. The lowest BCUT2D eigenvalue weighted by Crippen LogP contribution is -2.06. The van der Waals surface area contributed by atoms with E-state index in [1.165, 1.54) is 6.92 Å². The Kier molecular flexibility index (Phi) is 3.97. The van der Waals surface area contributed by atoms with E-state index in [1.807, 2.05) is 0 Å². The van der Waals surface area contributed by atoms with E-state index in [9.17, 15) is 9.59 Å². The van der Waals surface area contributed by atoms with Gasteiger partial charge in [0.1, 0.15) is 5.71 Å². The Bertz CT molecular complexity index is 576. The number of anilines is 1. The third kappa shape index (κ3) is 3.20. The lowest BCUT2D eigenvalue weighted by atomic mass is 10.1. The van der Waals surface area contributed by atoms with Crippen LogP contribution in [-0.4, -0.2) is 23.5 Å². The van der Waals surface area contributed by atoms with Gasteiger partial charge in [0.25, 0.3) is 0 Å². The number of benzene rings is 1. The molecular weight excluding hydrogens is 268 g/mol. The first-order valence-electron chi connectivity index (χ1n) is 5.54. The highest BCUT2D eigenvalue weighted by Gasteiger charge is 2.24. The van der Waals surface area contributed by atoms with E-state index < -0.39 is 5.97 Å². The summed E-state index contributed by atoms with van der Waals surface area (Å²) in [5.41, 5.74) is 2.25. The van der Waals surface area contributed by atoms with Crippen molar-refractivity contribution in [3.05, 3.63) is 35.4 Å². The molecule has 19 heavy (non-hydrogen) atoms. The summed E-state index contributed by atoms with van der Waals surface area (Å²) >= 11 is 5.67. The van der Waals surface area contributed by atoms with Crippen LogP contribution in [0, 0.1) is 0 Å². The molecule has 1 aromatic carbocycles. The Balaban J connectivity index is 2.21. The molecule has 0 aromatic heterocycles. The van der Waals surface area contributed by atoms with Crippen LogP contribution in [0.4, 0.5) is 5.69 Å². The first-order chi connectivity index (χ1) is 9.10. The first kappa shape index (κ1) is 13.3. The minimum Gasteiger partial charge on any atom is -0.326 e. The van der Waals surface area contributed by atoms with Crippen molar-refractivity contribution < 1.29 is 14.4 Å². The van der Waals surface area contributed by atoms with Crippen molar-refractivity contribution in [1.82, 2.24) is 0 Å². The van der Waals surface area contributed by atoms with E-state index in [-0.39, 0.29) is 11.8 Å². The second kappa shape index (κ2) is 5.67. The smallest absolute Gasteiger partial charge is 0.326 e. The fourth-order valence-corrected chi connectivity index (χ4v) is 1.78. The van der Waals surface area contributed by atoms with E-state index in [2.05, 4.69) is 15.3 Å². The molecule has 0 radical (unpaired) electrons. The molecule has 2 rings (SSSR count). The molecule has 0 bridgehead atoms. The number of amides is 1. The zero-order chi connectivity index (χ0) is 13.8. The number of hydrogen-bond donors (Lipinski definition) is 1.